The van der Waals surface area contributed by atoms with Gasteiger partial charge in [-0.15, -0.1) is 11.3 Å². The molecule has 22 heavy (non-hydrogen) atoms. The van der Waals surface area contributed by atoms with Crippen molar-refractivity contribution in [2.45, 2.75) is 51.6 Å². The topological polar surface area (TPSA) is 49.8 Å². The zero-order valence-electron chi connectivity index (χ0n) is 13.6. The van der Waals surface area contributed by atoms with Crippen molar-refractivity contribution in [3.05, 3.63) is 21.9 Å². The van der Waals surface area contributed by atoms with Crippen molar-refractivity contribution in [2.24, 2.45) is 5.92 Å². The number of carbonyl (C=O) groups is 1. The fraction of sp³-hybridized carbons (Fsp3) is 0.706. The van der Waals surface area contributed by atoms with Crippen LogP contribution in [0.25, 0.3) is 0 Å². The third-order valence-electron chi connectivity index (χ3n) is 4.70. The summed E-state index contributed by atoms with van der Waals surface area (Å²) in [5.41, 5.74) is 0. The summed E-state index contributed by atoms with van der Waals surface area (Å²) < 4.78 is 4.76. The van der Waals surface area contributed by atoms with Gasteiger partial charge in [0, 0.05) is 24.0 Å². The van der Waals surface area contributed by atoms with Gasteiger partial charge in [0.15, 0.2) is 0 Å². The van der Waals surface area contributed by atoms with Gasteiger partial charge in [0.1, 0.15) is 4.88 Å². The molecule has 0 saturated heterocycles. The fourth-order valence-corrected chi connectivity index (χ4v) is 4.26. The number of carbonyl (C=O) groups excluding carboxylic acids is 1. The van der Waals surface area contributed by atoms with Crippen LogP contribution in [0.2, 0.25) is 0 Å². The predicted octanol–water partition coefficient (Wildman–Crippen LogP) is 3.30. The summed E-state index contributed by atoms with van der Waals surface area (Å²) in [7, 11) is 1.41. The molecule has 1 aliphatic rings. The quantitative estimate of drug-likeness (QED) is 0.782. The van der Waals surface area contributed by atoms with Crippen LogP contribution in [0.1, 0.15) is 53.6 Å². The number of rotatable bonds is 7. The number of aliphatic hydroxyl groups is 1. The van der Waals surface area contributed by atoms with Crippen LogP contribution in [0.5, 0.6) is 0 Å². The second-order valence-electron chi connectivity index (χ2n) is 6.03. The van der Waals surface area contributed by atoms with Gasteiger partial charge < -0.3 is 9.84 Å². The van der Waals surface area contributed by atoms with Crippen LogP contribution in [-0.2, 0) is 11.3 Å². The van der Waals surface area contributed by atoms with Crippen LogP contribution in [0.4, 0.5) is 0 Å². The van der Waals surface area contributed by atoms with E-state index in [0.29, 0.717) is 17.5 Å². The molecule has 2 rings (SSSR count). The molecule has 0 atom stereocenters. The normalized spacial score (nSPS) is 22.0. The zero-order valence-corrected chi connectivity index (χ0v) is 14.4. The number of methoxy groups -OCH3 is 1. The molecule has 0 aromatic carbocycles. The molecule has 1 aliphatic carbocycles. The molecular formula is C17H27NO3S. The van der Waals surface area contributed by atoms with E-state index in [1.54, 1.807) is 0 Å². The zero-order chi connectivity index (χ0) is 15.9. The molecule has 0 amide bonds. The number of esters is 1. The minimum atomic E-state index is -0.270. The maximum Gasteiger partial charge on any atom is 0.348 e. The lowest BCUT2D eigenvalue weighted by Gasteiger charge is -2.36. The first-order valence-corrected chi connectivity index (χ1v) is 9.01. The molecule has 0 bridgehead atoms. The molecule has 0 aliphatic heterocycles. The van der Waals surface area contributed by atoms with E-state index in [2.05, 4.69) is 11.8 Å². The van der Waals surface area contributed by atoms with E-state index in [4.69, 9.17) is 4.74 Å². The Balaban J connectivity index is 1.96. The summed E-state index contributed by atoms with van der Waals surface area (Å²) in [6, 6.07) is 4.38. The Labute approximate surface area is 137 Å². The molecule has 1 aromatic rings. The lowest BCUT2D eigenvalue weighted by molar-refractivity contribution is 0.0606. The molecule has 0 radical (unpaired) electrons. The average Bonchev–Trinajstić information content (AvgIpc) is 3.02. The molecule has 0 spiro atoms. The van der Waals surface area contributed by atoms with Gasteiger partial charge in [-0.2, -0.15) is 0 Å². The van der Waals surface area contributed by atoms with Crippen LogP contribution in [-0.4, -0.2) is 42.3 Å². The number of hydrogen-bond acceptors (Lipinski definition) is 5. The molecule has 1 saturated carbocycles. The van der Waals surface area contributed by atoms with Crippen molar-refractivity contribution < 1.29 is 14.6 Å². The monoisotopic (exact) mass is 325 g/mol. The molecular weight excluding hydrogens is 298 g/mol. The van der Waals surface area contributed by atoms with Gasteiger partial charge in [-0.05, 0) is 43.7 Å². The first-order chi connectivity index (χ1) is 10.7. The molecule has 5 heteroatoms. The average molecular weight is 325 g/mol. The smallest absolute Gasteiger partial charge is 0.348 e. The Morgan fingerprint density at radius 2 is 2.09 bits per heavy atom. The number of hydrogen-bond donors (Lipinski definition) is 1. The number of thiophene rings is 1. The van der Waals surface area contributed by atoms with Crippen molar-refractivity contribution in [1.82, 2.24) is 4.90 Å². The molecule has 0 unspecified atom stereocenters. The summed E-state index contributed by atoms with van der Waals surface area (Å²) >= 11 is 1.49. The van der Waals surface area contributed by atoms with E-state index in [1.807, 2.05) is 12.1 Å². The lowest BCUT2D eigenvalue weighted by Crippen LogP contribution is -2.39. The minimum Gasteiger partial charge on any atom is -0.465 e. The molecule has 1 fully saturated rings. The fourth-order valence-electron chi connectivity index (χ4n) is 3.31. The van der Waals surface area contributed by atoms with Crippen LogP contribution >= 0.6 is 11.3 Å². The lowest BCUT2D eigenvalue weighted by atomic mass is 9.84. The van der Waals surface area contributed by atoms with Crippen molar-refractivity contribution >= 4 is 17.3 Å². The number of aliphatic hydroxyl groups excluding tert-OH is 1. The molecule has 124 valence electrons. The van der Waals surface area contributed by atoms with E-state index in [9.17, 15) is 9.90 Å². The van der Waals surface area contributed by atoms with Gasteiger partial charge in [0.25, 0.3) is 0 Å². The van der Waals surface area contributed by atoms with Crippen molar-refractivity contribution in [3.8, 4) is 0 Å². The van der Waals surface area contributed by atoms with E-state index in [0.717, 1.165) is 17.3 Å². The van der Waals surface area contributed by atoms with E-state index in [1.165, 1.54) is 50.6 Å². The second-order valence-corrected chi connectivity index (χ2v) is 7.20. The van der Waals surface area contributed by atoms with Gasteiger partial charge in [0.2, 0.25) is 0 Å². The maximum atomic E-state index is 11.5. The minimum absolute atomic E-state index is 0.183. The highest BCUT2D eigenvalue weighted by Crippen LogP contribution is 2.31. The van der Waals surface area contributed by atoms with E-state index in [-0.39, 0.29) is 12.6 Å². The molecule has 4 nitrogen and oxygen atoms in total. The largest absolute Gasteiger partial charge is 0.465 e. The number of ether oxygens (including phenoxy) is 1. The van der Waals surface area contributed by atoms with Gasteiger partial charge in [0.05, 0.1) is 13.7 Å². The van der Waals surface area contributed by atoms with Crippen LogP contribution in [0.3, 0.4) is 0 Å². The Bertz CT molecular complexity index is 466. The highest BCUT2D eigenvalue weighted by Gasteiger charge is 2.25. The summed E-state index contributed by atoms with van der Waals surface area (Å²) in [4.78, 5) is 15.7. The Kier molecular flexibility index (Phi) is 6.86. The van der Waals surface area contributed by atoms with Crippen molar-refractivity contribution in [2.75, 3.05) is 20.3 Å². The highest BCUT2D eigenvalue weighted by atomic mass is 32.1. The Morgan fingerprint density at radius 1 is 1.36 bits per heavy atom. The summed E-state index contributed by atoms with van der Waals surface area (Å²) in [6.07, 6.45) is 6.30. The number of nitrogens with zero attached hydrogens (tertiary/aromatic N) is 1. The van der Waals surface area contributed by atoms with Crippen LogP contribution < -0.4 is 0 Å². The Hall–Kier alpha value is -0.910. The third-order valence-corrected chi connectivity index (χ3v) is 5.75. The van der Waals surface area contributed by atoms with E-state index >= 15 is 0 Å². The summed E-state index contributed by atoms with van der Waals surface area (Å²) in [6.45, 7) is 3.97. The predicted molar refractivity (Wildman–Crippen MR) is 89.2 cm³/mol. The van der Waals surface area contributed by atoms with Gasteiger partial charge in [-0.25, -0.2) is 4.79 Å². The van der Waals surface area contributed by atoms with Crippen molar-refractivity contribution in [1.29, 1.82) is 0 Å². The molecule has 1 N–H and O–H groups in total. The van der Waals surface area contributed by atoms with Gasteiger partial charge >= 0.3 is 5.97 Å². The van der Waals surface area contributed by atoms with E-state index < -0.39 is 0 Å². The molecule has 1 heterocycles. The maximum absolute atomic E-state index is 11.5. The first kappa shape index (κ1) is 17.4. The highest BCUT2D eigenvalue weighted by molar-refractivity contribution is 7.13. The van der Waals surface area contributed by atoms with Crippen LogP contribution in [0.15, 0.2) is 12.1 Å². The summed E-state index contributed by atoms with van der Waals surface area (Å²) in [5, 5.41) is 9.36. The van der Waals surface area contributed by atoms with Crippen LogP contribution in [0, 0.1) is 5.92 Å². The second kappa shape index (κ2) is 8.65. The Morgan fingerprint density at radius 3 is 2.68 bits per heavy atom. The standard InChI is InChI=1S/C17H27NO3S/c1-3-13-4-6-14(7-5-13)18(10-11-19)12-15-8-9-16(22-15)17(20)21-2/h8-9,13-14,19H,3-7,10-12H2,1-2H3. The first-order valence-electron chi connectivity index (χ1n) is 8.19. The van der Waals surface area contributed by atoms with Crippen molar-refractivity contribution in [3.63, 3.8) is 0 Å². The molecule has 1 aromatic heterocycles. The van der Waals surface area contributed by atoms with Gasteiger partial charge in [-0.1, -0.05) is 13.3 Å². The SMILES string of the molecule is CCC1CCC(N(CCO)Cc2ccc(C(=O)OC)s2)CC1. The summed E-state index contributed by atoms with van der Waals surface area (Å²) in [5.74, 6) is 0.605. The van der Waals surface area contributed by atoms with Gasteiger partial charge in [-0.3, -0.25) is 4.90 Å². The third kappa shape index (κ3) is 4.54.